The maximum atomic E-state index is 14.5. The lowest BCUT2D eigenvalue weighted by atomic mass is 9.33. The van der Waals surface area contributed by atoms with E-state index in [1.807, 2.05) is 30.3 Å². The molecule has 12 heteroatoms. The Morgan fingerprint density at radius 3 is 2.06 bits per heavy atom. The molecule has 0 radical (unpaired) electrons. The van der Waals surface area contributed by atoms with E-state index in [1.54, 1.807) is 0 Å². The average Bonchev–Trinajstić information content (AvgIpc) is 3.19. The third kappa shape index (κ3) is 8.49. The number of carbonyl (C=O) groups excluding carboxylic acids is 5. The fourth-order valence-electron chi connectivity index (χ4n) is 14.3. The number of ether oxygens (including phenoxy) is 6. The van der Waals surface area contributed by atoms with Crippen LogP contribution < -0.4 is 5.32 Å². The second-order valence-electron chi connectivity index (χ2n) is 22.1. The Hall–Kier alpha value is -3.77. The van der Waals surface area contributed by atoms with E-state index in [0.29, 0.717) is 12.5 Å². The monoisotopic (exact) mass is 876 g/mol. The first-order valence-electron chi connectivity index (χ1n) is 23.4. The van der Waals surface area contributed by atoms with Crippen molar-refractivity contribution in [3.63, 3.8) is 0 Å². The Morgan fingerprint density at radius 1 is 0.746 bits per heavy atom. The molecule has 0 spiro atoms. The summed E-state index contributed by atoms with van der Waals surface area (Å²) in [5.74, 6) is -1.47. The maximum absolute atomic E-state index is 14.5. The molecule has 0 bridgehead atoms. The predicted molar refractivity (Wildman–Crippen MR) is 234 cm³/mol. The van der Waals surface area contributed by atoms with Crippen LogP contribution in [0.3, 0.4) is 0 Å². The van der Waals surface area contributed by atoms with Crippen molar-refractivity contribution in [3.05, 3.63) is 47.5 Å². The van der Waals surface area contributed by atoms with Gasteiger partial charge < -0.3 is 33.7 Å². The summed E-state index contributed by atoms with van der Waals surface area (Å²) >= 11 is 0. The van der Waals surface area contributed by atoms with E-state index >= 15 is 0 Å². The van der Waals surface area contributed by atoms with Crippen molar-refractivity contribution in [2.24, 2.45) is 50.2 Å². The predicted octanol–water partition coefficient (Wildman–Crippen LogP) is 8.57. The molecule has 13 atom stereocenters. The van der Waals surface area contributed by atoms with E-state index in [2.05, 4.69) is 59.9 Å². The molecule has 0 unspecified atom stereocenters. The van der Waals surface area contributed by atoms with Crippen LogP contribution in [0.15, 0.2) is 42.0 Å². The van der Waals surface area contributed by atoms with E-state index in [4.69, 9.17) is 28.4 Å². The molecule has 63 heavy (non-hydrogen) atoms. The summed E-state index contributed by atoms with van der Waals surface area (Å²) in [6.45, 7) is 22.0. The van der Waals surface area contributed by atoms with Gasteiger partial charge in [0.05, 0.1) is 11.5 Å². The van der Waals surface area contributed by atoms with Gasteiger partial charge in [0.25, 0.3) is 0 Å². The summed E-state index contributed by atoms with van der Waals surface area (Å²) in [5, 5.41) is 2.88. The molecule has 4 saturated carbocycles. The highest BCUT2D eigenvalue weighted by Crippen LogP contribution is 2.76. The fourth-order valence-corrected chi connectivity index (χ4v) is 14.3. The Bertz CT molecular complexity index is 1960. The van der Waals surface area contributed by atoms with E-state index in [9.17, 15) is 24.0 Å². The molecule has 1 aromatic carbocycles. The van der Waals surface area contributed by atoms with Crippen LogP contribution in [0.5, 0.6) is 0 Å². The molecule has 6 aliphatic rings. The molecule has 12 nitrogen and oxygen atoms in total. The molecular weight excluding hydrogens is 803 g/mol. The summed E-state index contributed by atoms with van der Waals surface area (Å²) in [6, 6.07) is 8.98. The van der Waals surface area contributed by atoms with Gasteiger partial charge in [-0.25, -0.2) is 0 Å². The van der Waals surface area contributed by atoms with Crippen LogP contribution in [0, 0.1) is 50.2 Å². The standard InChI is InChI=1S/C51H73NO11/c1-30(53)52-41-43(61-33(4)56)42(60-32(3)55)37(29-58-31(2)54)62-44(41)63-40-20-21-48(9)38(47(40,7)8)19-22-50(11)39(48)18-17-35-36-27-46(5,6)23-25-51(36,26-24-49(35,50)10)45(57)59-28-34-15-13-12-14-16-34/h12-17,36-44H,18-29H2,1-11H3,(H,52,53)/t36-,37-,38+,39-,40+,41-,42-,43-,44+,48+,49-,50-,51+/m1/s1. The molecule has 1 saturated heterocycles. The van der Waals surface area contributed by atoms with Gasteiger partial charge in [-0.15, -0.1) is 0 Å². The van der Waals surface area contributed by atoms with E-state index in [-0.39, 0.29) is 57.6 Å². The summed E-state index contributed by atoms with van der Waals surface area (Å²) in [4.78, 5) is 64.1. The number of rotatable bonds is 10. The van der Waals surface area contributed by atoms with Gasteiger partial charge in [0.15, 0.2) is 18.5 Å². The average molecular weight is 876 g/mol. The molecule has 7 rings (SSSR count). The van der Waals surface area contributed by atoms with Crippen molar-refractivity contribution in [2.45, 2.75) is 184 Å². The third-order valence-corrected chi connectivity index (χ3v) is 17.6. The molecule has 1 aromatic rings. The first kappa shape index (κ1) is 47.2. The fraction of sp³-hybridized carbons (Fsp3) is 0.745. The highest BCUT2D eigenvalue weighted by atomic mass is 16.7. The molecule has 1 N–H and O–H groups in total. The number of hydrogen-bond acceptors (Lipinski definition) is 11. The number of benzene rings is 1. The van der Waals surface area contributed by atoms with Gasteiger partial charge in [-0.1, -0.05) is 90.4 Å². The zero-order chi connectivity index (χ0) is 45.9. The Labute approximate surface area is 374 Å². The van der Waals surface area contributed by atoms with E-state index < -0.39 is 59.9 Å². The van der Waals surface area contributed by atoms with Crippen LogP contribution in [-0.2, 0) is 59.0 Å². The zero-order valence-electron chi connectivity index (χ0n) is 39.6. The van der Waals surface area contributed by atoms with E-state index in [1.165, 1.54) is 33.3 Å². The van der Waals surface area contributed by atoms with Gasteiger partial charge in [0.1, 0.15) is 25.4 Å². The number of carbonyl (C=O) groups is 5. The third-order valence-electron chi connectivity index (χ3n) is 17.6. The molecular formula is C51H73NO11. The first-order valence-corrected chi connectivity index (χ1v) is 23.4. The highest BCUT2D eigenvalue weighted by molar-refractivity contribution is 5.79. The van der Waals surface area contributed by atoms with Gasteiger partial charge in [-0.2, -0.15) is 0 Å². The van der Waals surface area contributed by atoms with Gasteiger partial charge in [0.2, 0.25) is 5.91 Å². The van der Waals surface area contributed by atoms with Crippen LogP contribution in [0.4, 0.5) is 0 Å². The van der Waals surface area contributed by atoms with Crippen LogP contribution in [0.1, 0.15) is 146 Å². The number of amides is 1. The van der Waals surface area contributed by atoms with Crippen LogP contribution in [0.25, 0.3) is 0 Å². The summed E-state index contributed by atoms with van der Waals surface area (Å²) in [5.41, 5.74) is 1.66. The van der Waals surface area contributed by atoms with E-state index in [0.717, 1.165) is 69.8 Å². The summed E-state index contributed by atoms with van der Waals surface area (Å²) in [7, 11) is 0. The van der Waals surface area contributed by atoms with Crippen LogP contribution >= 0.6 is 0 Å². The number of hydrogen-bond donors (Lipinski definition) is 1. The van der Waals surface area contributed by atoms with Crippen molar-refractivity contribution in [3.8, 4) is 0 Å². The largest absolute Gasteiger partial charge is 0.463 e. The minimum atomic E-state index is -1.18. The van der Waals surface area contributed by atoms with Crippen molar-refractivity contribution in [1.82, 2.24) is 5.32 Å². The van der Waals surface area contributed by atoms with Gasteiger partial charge >= 0.3 is 23.9 Å². The number of allylic oxidation sites excluding steroid dienone is 2. The lowest BCUT2D eigenvalue weighted by Gasteiger charge is -2.71. The molecule has 1 heterocycles. The molecule has 5 aliphatic carbocycles. The van der Waals surface area contributed by atoms with Crippen molar-refractivity contribution in [1.29, 1.82) is 0 Å². The Kier molecular flexibility index (Phi) is 12.9. The molecule has 0 aromatic heterocycles. The first-order chi connectivity index (χ1) is 29.5. The molecule has 1 aliphatic heterocycles. The SMILES string of the molecule is CC(=O)N[C@H]1[C@H](O[C@H]2CC[C@]3(C)[C@H]4CC=C5[C@H]6CC(C)(C)CC[C@]6(C(=O)OCc6ccccc6)CC[C@@]5(C)[C@]4(C)CC[C@H]3C2(C)C)O[C@H](COC(C)=O)[C@@H](OC(C)=O)[C@@H]1OC(C)=O. The van der Waals surface area contributed by atoms with Gasteiger partial charge in [-0.05, 0) is 115 Å². The van der Waals surface area contributed by atoms with Crippen molar-refractivity contribution in [2.75, 3.05) is 6.61 Å². The van der Waals surface area contributed by atoms with Crippen LogP contribution in [0.2, 0.25) is 0 Å². The lowest BCUT2D eigenvalue weighted by Crippen LogP contribution is -2.68. The minimum Gasteiger partial charge on any atom is -0.463 e. The molecule has 5 fully saturated rings. The van der Waals surface area contributed by atoms with Crippen molar-refractivity contribution >= 4 is 29.8 Å². The van der Waals surface area contributed by atoms with Crippen molar-refractivity contribution < 1.29 is 52.4 Å². The quantitative estimate of drug-likeness (QED) is 0.104. The second-order valence-corrected chi connectivity index (χ2v) is 22.1. The van der Waals surface area contributed by atoms with Gasteiger partial charge in [0, 0.05) is 27.7 Å². The Balaban J connectivity index is 1.16. The number of fused-ring (bicyclic) bond motifs is 7. The smallest absolute Gasteiger partial charge is 0.313 e. The Morgan fingerprint density at radius 2 is 1.41 bits per heavy atom. The summed E-state index contributed by atoms with van der Waals surface area (Å²) < 4.78 is 36.5. The van der Waals surface area contributed by atoms with Gasteiger partial charge in [-0.3, -0.25) is 24.0 Å². The maximum Gasteiger partial charge on any atom is 0.313 e. The normalized spacial score (nSPS) is 39.9. The highest BCUT2D eigenvalue weighted by Gasteiger charge is 2.70. The zero-order valence-corrected chi connectivity index (χ0v) is 39.6. The summed E-state index contributed by atoms with van der Waals surface area (Å²) in [6.07, 6.45) is 7.00. The number of esters is 4. The number of nitrogens with one attached hydrogen (secondary N) is 1. The minimum absolute atomic E-state index is 0.00366. The lowest BCUT2D eigenvalue weighted by molar-refractivity contribution is -0.309. The topological polar surface area (TPSA) is 153 Å². The molecule has 348 valence electrons. The second kappa shape index (κ2) is 17.2. The molecule has 1 amide bonds. The van der Waals surface area contributed by atoms with Crippen LogP contribution in [-0.4, -0.2) is 73.1 Å².